The van der Waals surface area contributed by atoms with Crippen LogP contribution in [0.4, 0.5) is 5.82 Å². The number of nitrogens with two attached hydrogens (primary N) is 1. The van der Waals surface area contributed by atoms with Gasteiger partial charge >= 0.3 is 0 Å². The zero-order valence-electron chi connectivity index (χ0n) is 11.5. The lowest BCUT2D eigenvalue weighted by Crippen LogP contribution is -2.30. The van der Waals surface area contributed by atoms with E-state index in [0.717, 1.165) is 13.0 Å². The first-order valence-corrected chi connectivity index (χ1v) is 6.63. The van der Waals surface area contributed by atoms with Gasteiger partial charge in [0, 0.05) is 26.7 Å². The van der Waals surface area contributed by atoms with Crippen LogP contribution in [-0.2, 0) is 0 Å². The van der Waals surface area contributed by atoms with E-state index in [1.165, 1.54) is 17.7 Å². The molecule has 1 aromatic heterocycles. The van der Waals surface area contributed by atoms with Crippen LogP contribution in [0.25, 0.3) is 0 Å². The van der Waals surface area contributed by atoms with Gasteiger partial charge in [0.25, 0.3) is 5.91 Å². The monoisotopic (exact) mass is 263 g/mol. The minimum absolute atomic E-state index is 0.142. The quantitative estimate of drug-likeness (QED) is 0.836. The molecular formula is C13H21N5O. The van der Waals surface area contributed by atoms with Crippen LogP contribution < -0.4 is 11.1 Å². The Hall–Kier alpha value is -1.69. The van der Waals surface area contributed by atoms with Gasteiger partial charge < -0.3 is 16.0 Å². The molecule has 0 aliphatic heterocycles. The molecular weight excluding hydrogens is 242 g/mol. The second kappa shape index (κ2) is 5.97. The topological polar surface area (TPSA) is 84.1 Å². The lowest BCUT2D eigenvalue weighted by Gasteiger charge is -2.16. The third-order valence-corrected chi connectivity index (χ3v) is 3.55. The maximum atomic E-state index is 11.7. The molecule has 1 amide bonds. The first-order valence-electron chi connectivity index (χ1n) is 6.63. The van der Waals surface area contributed by atoms with E-state index in [-0.39, 0.29) is 11.9 Å². The van der Waals surface area contributed by atoms with E-state index in [0.29, 0.717) is 17.4 Å². The van der Waals surface area contributed by atoms with Crippen molar-refractivity contribution in [1.29, 1.82) is 0 Å². The van der Waals surface area contributed by atoms with Crippen molar-refractivity contribution in [3.05, 3.63) is 17.8 Å². The highest BCUT2D eigenvalue weighted by atomic mass is 16.2. The summed E-state index contributed by atoms with van der Waals surface area (Å²) < 4.78 is 0. The minimum Gasteiger partial charge on any atom is -0.368 e. The smallest absolute Gasteiger partial charge is 0.273 e. The van der Waals surface area contributed by atoms with E-state index in [4.69, 9.17) is 5.73 Å². The minimum atomic E-state index is -0.142. The van der Waals surface area contributed by atoms with Crippen molar-refractivity contribution >= 4 is 11.7 Å². The molecule has 2 atom stereocenters. The van der Waals surface area contributed by atoms with Gasteiger partial charge in [-0.1, -0.05) is 6.42 Å². The first-order chi connectivity index (χ1) is 9.08. The van der Waals surface area contributed by atoms with Crippen molar-refractivity contribution < 1.29 is 4.79 Å². The maximum absolute atomic E-state index is 11.7. The molecule has 3 N–H and O–H groups in total. The number of anilines is 1. The molecule has 2 rings (SSSR count). The molecule has 0 bridgehead atoms. The molecule has 6 nitrogen and oxygen atoms in total. The van der Waals surface area contributed by atoms with Gasteiger partial charge in [0.05, 0.1) is 0 Å². The highest BCUT2D eigenvalue weighted by molar-refractivity contribution is 5.91. The van der Waals surface area contributed by atoms with Crippen LogP contribution in [0.3, 0.4) is 0 Å². The van der Waals surface area contributed by atoms with E-state index in [1.54, 1.807) is 26.2 Å². The van der Waals surface area contributed by atoms with E-state index in [9.17, 15) is 4.79 Å². The number of nitrogens with zero attached hydrogens (tertiary/aromatic N) is 3. The predicted molar refractivity (Wildman–Crippen MR) is 73.9 cm³/mol. The summed E-state index contributed by atoms with van der Waals surface area (Å²) in [6.07, 6.45) is 3.47. The van der Waals surface area contributed by atoms with E-state index in [1.807, 2.05) is 0 Å². The Labute approximate surface area is 113 Å². The zero-order valence-corrected chi connectivity index (χ0v) is 11.5. The largest absolute Gasteiger partial charge is 0.368 e. The van der Waals surface area contributed by atoms with Gasteiger partial charge in [-0.05, 0) is 30.9 Å². The molecule has 1 saturated carbocycles. The van der Waals surface area contributed by atoms with Crippen molar-refractivity contribution in [3.63, 3.8) is 0 Å². The number of carbonyl (C=O) groups is 1. The standard InChI is InChI=1S/C13H21N5O/c1-18(2)13(19)11-6-7-12(17-16-11)15-8-9-4-3-5-10(9)14/h6-7,9-10H,3-5,8,14H2,1-2H3,(H,15,17). The Bertz CT molecular complexity index is 431. The summed E-state index contributed by atoms with van der Waals surface area (Å²) in [5.74, 6) is 1.05. The molecule has 0 saturated heterocycles. The third-order valence-electron chi connectivity index (χ3n) is 3.55. The summed E-state index contributed by atoms with van der Waals surface area (Å²) in [6, 6.07) is 3.76. The van der Waals surface area contributed by atoms with Crippen LogP contribution in [0, 0.1) is 5.92 Å². The summed E-state index contributed by atoms with van der Waals surface area (Å²) in [5.41, 5.74) is 6.37. The van der Waals surface area contributed by atoms with Crippen LogP contribution in [0.1, 0.15) is 29.8 Å². The molecule has 1 aliphatic rings. The van der Waals surface area contributed by atoms with Crippen LogP contribution in [-0.4, -0.2) is 47.7 Å². The number of hydrogen-bond donors (Lipinski definition) is 2. The fourth-order valence-electron chi connectivity index (χ4n) is 2.32. The van der Waals surface area contributed by atoms with Gasteiger partial charge in [0.15, 0.2) is 5.69 Å². The van der Waals surface area contributed by atoms with Gasteiger partial charge in [-0.15, -0.1) is 10.2 Å². The van der Waals surface area contributed by atoms with E-state index < -0.39 is 0 Å². The predicted octanol–water partition coefficient (Wildman–Crippen LogP) is 0.718. The van der Waals surface area contributed by atoms with Crippen molar-refractivity contribution in [2.45, 2.75) is 25.3 Å². The SMILES string of the molecule is CN(C)C(=O)c1ccc(NCC2CCCC2N)nn1. The summed E-state index contributed by atoms with van der Waals surface area (Å²) >= 11 is 0. The second-order valence-corrected chi connectivity index (χ2v) is 5.24. The van der Waals surface area contributed by atoms with Gasteiger partial charge in [-0.25, -0.2) is 0 Å². The van der Waals surface area contributed by atoms with Crippen molar-refractivity contribution in [3.8, 4) is 0 Å². The fourth-order valence-corrected chi connectivity index (χ4v) is 2.32. The number of carbonyl (C=O) groups excluding carboxylic acids is 1. The highest BCUT2D eigenvalue weighted by Crippen LogP contribution is 2.23. The van der Waals surface area contributed by atoms with Crippen molar-refractivity contribution in [1.82, 2.24) is 15.1 Å². The van der Waals surface area contributed by atoms with Crippen LogP contribution >= 0.6 is 0 Å². The van der Waals surface area contributed by atoms with E-state index in [2.05, 4.69) is 15.5 Å². The lowest BCUT2D eigenvalue weighted by atomic mass is 10.1. The molecule has 6 heteroatoms. The van der Waals surface area contributed by atoms with Gasteiger partial charge in [-0.2, -0.15) is 0 Å². The van der Waals surface area contributed by atoms with E-state index >= 15 is 0 Å². The number of rotatable bonds is 4. The summed E-state index contributed by atoms with van der Waals surface area (Å²) in [5, 5.41) is 11.2. The first kappa shape index (κ1) is 13.7. The molecule has 2 unspecified atom stereocenters. The summed E-state index contributed by atoms with van der Waals surface area (Å²) in [6.45, 7) is 0.816. The molecule has 19 heavy (non-hydrogen) atoms. The average molecular weight is 263 g/mol. The lowest BCUT2D eigenvalue weighted by molar-refractivity contribution is 0.0821. The number of nitrogens with one attached hydrogen (secondary N) is 1. The van der Waals surface area contributed by atoms with Crippen LogP contribution in [0.2, 0.25) is 0 Å². The molecule has 0 radical (unpaired) electrons. The average Bonchev–Trinajstić information content (AvgIpc) is 2.81. The second-order valence-electron chi connectivity index (χ2n) is 5.24. The van der Waals surface area contributed by atoms with Crippen LogP contribution in [0.15, 0.2) is 12.1 Å². The number of amides is 1. The molecule has 1 heterocycles. The van der Waals surface area contributed by atoms with Crippen molar-refractivity contribution in [2.75, 3.05) is 26.0 Å². The zero-order chi connectivity index (χ0) is 13.8. The third kappa shape index (κ3) is 3.41. The highest BCUT2D eigenvalue weighted by Gasteiger charge is 2.23. The molecule has 1 aliphatic carbocycles. The van der Waals surface area contributed by atoms with Crippen LogP contribution in [0.5, 0.6) is 0 Å². The molecule has 1 fully saturated rings. The molecule has 0 aromatic carbocycles. The molecule has 1 aromatic rings. The number of hydrogen-bond acceptors (Lipinski definition) is 5. The summed E-state index contributed by atoms with van der Waals surface area (Å²) in [7, 11) is 3.38. The summed E-state index contributed by atoms with van der Waals surface area (Å²) in [4.78, 5) is 13.1. The van der Waals surface area contributed by atoms with Gasteiger partial charge in [0.2, 0.25) is 0 Å². The Kier molecular flexibility index (Phi) is 4.31. The molecule has 104 valence electrons. The Balaban J connectivity index is 1.90. The fraction of sp³-hybridized carbons (Fsp3) is 0.615. The van der Waals surface area contributed by atoms with Gasteiger partial charge in [0.1, 0.15) is 5.82 Å². The maximum Gasteiger partial charge on any atom is 0.273 e. The number of aromatic nitrogens is 2. The Morgan fingerprint density at radius 2 is 2.21 bits per heavy atom. The van der Waals surface area contributed by atoms with Crippen molar-refractivity contribution in [2.24, 2.45) is 11.7 Å². The Morgan fingerprint density at radius 1 is 1.42 bits per heavy atom. The molecule has 0 spiro atoms. The Morgan fingerprint density at radius 3 is 2.74 bits per heavy atom. The van der Waals surface area contributed by atoms with Gasteiger partial charge in [-0.3, -0.25) is 4.79 Å². The normalized spacial score (nSPS) is 22.3.